The predicted molar refractivity (Wildman–Crippen MR) is 54.2 cm³/mol. The number of ether oxygens (including phenoxy) is 1. The molecule has 0 aliphatic rings. The summed E-state index contributed by atoms with van der Waals surface area (Å²) in [6, 6.07) is 0. The molecule has 0 heterocycles. The Labute approximate surface area is 115 Å². The van der Waals surface area contributed by atoms with Crippen LogP contribution in [0.15, 0.2) is 12.2 Å². The molecule has 0 N–H and O–H groups in total. The summed E-state index contributed by atoms with van der Waals surface area (Å²) in [5.74, 6) is -15.1. The molecule has 0 spiro atoms. The fraction of sp³-hybridized carbons (Fsp3) is 0.667. The van der Waals surface area contributed by atoms with Gasteiger partial charge in [-0.05, 0) is 6.42 Å². The zero-order valence-corrected chi connectivity index (χ0v) is 11.2. The zero-order valence-electron chi connectivity index (χ0n) is 9.63. The Kier molecular flexibility index (Phi) is 5.25. The summed E-state index contributed by atoms with van der Waals surface area (Å²) < 4.78 is 98.3. The van der Waals surface area contributed by atoms with Gasteiger partial charge in [-0.3, -0.25) is 0 Å². The van der Waals surface area contributed by atoms with Gasteiger partial charge in [0, 0.05) is 21.5 Å². The molecule has 0 saturated heterocycles. The first-order chi connectivity index (χ1) is 8.62. The third-order valence-corrected chi connectivity index (χ3v) is 2.71. The van der Waals surface area contributed by atoms with Crippen molar-refractivity contribution in [3.05, 3.63) is 12.2 Å². The van der Waals surface area contributed by atoms with Crippen molar-refractivity contribution in [3.8, 4) is 0 Å². The van der Waals surface area contributed by atoms with Crippen LogP contribution in [0.5, 0.6) is 0 Å². The second-order valence-corrected chi connectivity index (χ2v) is 4.53. The first-order valence-corrected chi connectivity index (χ1v) is 5.52. The Balaban J connectivity index is 5.48. The summed E-state index contributed by atoms with van der Waals surface area (Å²) in [7, 11) is 0. The van der Waals surface area contributed by atoms with Gasteiger partial charge in [-0.1, -0.05) is 13.5 Å². The zero-order chi connectivity index (χ0) is 16.6. The van der Waals surface area contributed by atoms with Gasteiger partial charge in [0.05, 0.1) is 0 Å². The number of rotatable bonds is 5. The molecule has 118 valence electrons. The van der Waals surface area contributed by atoms with E-state index in [1.54, 1.807) is 0 Å². The van der Waals surface area contributed by atoms with Crippen molar-refractivity contribution in [3.63, 3.8) is 0 Å². The predicted octanol–water partition coefficient (Wildman–Crippen LogP) is 4.35. The van der Waals surface area contributed by atoms with Crippen molar-refractivity contribution >= 4 is 21.9 Å². The van der Waals surface area contributed by atoms with Gasteiger partial charge in [0.2, 0.25) is 0 Å². The fourth-order valence-electron chi connectivity index (χ4n) is 0.758. The van der Waals surface area contributed by atoms with E-state index in [1.165, 1.54) is 22.9 Å². The summed E-state index contributed by atoms with van der Waals surface area (Å²) in [6.45, 7) is 4.20. The third kappa shape index (κ3) is 3.23. The molecule has 0 aromatic rings. The SMILES string of the molecule is C=C(CC)C(=O)OC(F)(Br)C(F)(F)C(F)(F)C(F)(F)F. The van der Waals surface area contributed by atoms with Crippen molar-refractivity contribution in [2.75, 3.05) is 0 Å². The van der Waals surface area contributed by atoms with Crippen molar-refractivity contribution in [2.24, 2.45) is 0 Å². The molecular weight excluding hydrogens is 372 g/mol. The summed E-state index contributed by atoms with van der Waals surface area (Å²) in [6.07, 6.45) is -6.97. The number of hydrogen-bond acceptors (Lipinski definition) is 2. The Morgan fingerprint density at radius 1 is 1.05 bits per heavy atom. The van der Waals surface area contributed by atoms with E-state index >= 15 is 0 Å². The van der Waals surface area contributed by atoms with Crippen LogP contribution in [0, 0.1) is 0 Å². The Morgan fingerprint density at radius 2 is 1.45 bits per heavy atom. The van der Waals surface area contributed by atoms with E-state index in [-0.39, 0.29) is 6.42 Å². The third-order valence-electron chi connectivity index (χ3n) is 2.05. The number of halogens is 9. The molecule has 0 aliphatic heterocycles. The molecule has 1 atom stereocenters. The molecule has 2 nitrogen and oxygen atoms in total. The lowest BCUT2D eigenvalue weighted by atomic mass is 10.1. The van der Waals surface area contributed by atoms with E-state index in [2.05, 4.69) is 11.3 Å². The van der Waals surface area contributed by atoms with Gasteiger partial charge < -0.3 is 4.74 Å². The highest BCUT2D eigenvalue weighted by atomic mass is 79.9. The lowest BCUT2D eigenvalue weighted by Crippen LogP contribution is -2.61. The molecule has 0 aromatic heterocycles. The first-order valence-electron chi connectivity index (χ1n) is 4.73. The van der Waals surface area contributed by atoms with Gasteiger partial charge in [-0.15, -0.1) is 0 Å². The normalized spacial score (nSPS) is 16.5. The second-order valence-electron chi connectivity index (χ2n) is 3.51. The highest BCUT2D eigenvalue weighted by molar-refractivity contribution is 9.10. The van der Waals surface area contributed by atoms with E-state index in [0.29, 0.717) is 0 Å². The molecule has 0 bridgehead atoms. The highest BCUT2D eigenvalue weighted by Crippen LogP contribution is 2.55. The number of carbonyl (C=O) groups is 1. The molecule has 11 heteroatoms. The molecule has 0 aromatic carbocycles. The van der Waals surface area contributed by atoms with Gasteiger partial charge in [-0.2, -0.15) is 35.1 Å². The lowest BCUT2D eigenvalue weighted by Gasteiger charge is -2.34. The largest absolute Gasteiger partial charge is 0.460 e. The first kappa shape index (κ1) is 19.1. The number of hydrogen-bond donors (Lipinski definition) is 0. The molecule has 0 rings (SSSR count). The summed E-state index contributed by atoms with van der Waals surface area (Å²) in [5, 5.41) is 0. The molecule has 20 heavy (non-hydrogen) atoms. The standard InChI is InChI=1S/C9H7BrF8O2/c1-3-4(2)5(19)20-8(10,15)6(11,12)7(13,14)9(16,17)18/h2-3H2,1H3. The summed E-state index contributed by atoms with van der Waals surface area (Å²) >= 11 is 1.25. The Morgan fingerprint density at radius 3 is 1.75 bits per heavy atom. The second kappa shape index (κ2) is 5.49. The van der Waals surface area contributed by atoms with Gasteiger partial charge in [0.1, 0.15) is 0 Å². The van der Waals surface area contributed by atoms with Crippen LogP contribution in [0.1, 0.15) is 13.3 Å². The van der Waals surface area contributed by atoms with Gasteiger partial charge >= 0.3 is 28.8 Å². The van der Waals surface area contributed by atoms with Crippen LogP contribution >= 0.6 is 15.9 Å². The van der Waals surface area contributed by atoms with Crippen LogP contribution in [0.4, 0.5) is 35.1 Å². The van der Waals surface area contributed by atoms with Crippen molar-refractivity contribution in [2.45, 2.75) is 36.1 Å². The molecular formula is C9H7BrF8O2. The molecule has 0 fully saturated rings. The smallest absolute Gasteiger partial charge is 0.409 e. The topological polar surface area (TPSA) is 26.3 Å². The average Bonchev–Trinajstić information content (AvgIpc) is 2.25. The number of carbonyl (C=O) groups excluding carboxylic acids is 1. The number of esters is 1. The summed E-state index contributed by atoms with van der Waals surface area (Å²) in [5.41, 5.74) is -0.599. The Hall–Kier alpha value is -0.870. The van der Waals surface area contributed by atoms with Crippen molar-refractivity contribution < 1.29 is 44.7 Å². The number of alkyl halides is 9. The Bertz CT molecular complexity index is 401. The maximum absolute atomic E-state index is 13.3. The average molecular weight is 379 g/mol. The van der Waals surface area contributed by atoms with Crippen LogP contribution in [0.2, 0.25) is 0 Å². The van der Waals surface area contributed by atoms with E-state index in [1.807, 2.05) is 0 Å². The fourth-order valence-corrected chi connectivity index (χ4v) is 1.15. The van der Waals surface area contributed by atoms with Gasteiger partial charge in [-0.25, -0.2) is 4.79 Å². The van der Waals surface area contributed by atoms with Crippen LogP contribution in [-0.4, -0.2) is 28.8 Å². The maximum Gasteiger partial charge on any atom is 0.460 e. The van der Waals surface area contributed by atoms with Crippen LogP contribution < -0.4 is 0 Å². The minimum absolute atomic E-state index is 0.219. The monoisotopic (exact) mass is 378 g/mol. The van der Waals surface area contributed by atoms with E-state index in [0.717, 1.165) is 0 Å². The lowest BCUT2D eigenvalue weighted by molar-refractivity contribution is -0.388. The van der Waals surface area contributed by atoms with E-state index in [9.17, 15) is 39.9 Å². The van der Waals surface area contributed by atoms with Crippen molar-refractivity contribution in [1.82, 2.24) is 0 Å². The van der Waals surface area contributed by atoms with E-state index < -0.39 is 34.3 Å². The van der Waals surface area contributed by atoms with Gasteiger partial charge in [0.15, 0.2) is 0 Å². The quantitative estimate of drug-likeness (QED) is 0.307. The molecule has 0 saturated carbocycles. The van der Waals surface area contributed by atoms with Crippen LogP contribution in [0.3, 0.4) is 0 Å². The molecule has 1 unspecified atom stereocenters. The van der Waals surface area contributed by atoms with Crippen molar-refractivity contribution in [1.29, 1.82) is 0 Å². The van der Waals surface area contributed by atoms with Crippen LogP contribution in [-0.2, 0) is 9.53 Å². The van der Waals surface area contributed by atoms with Gasteiger partial charge in [0.25, 0.3) is 0 Å². The molecule has 0 aliphatic carbocycles. The summed E-state index contributed by atoms with van der Waals surface area (Å²) in [4.78, 5) is 11.0. The van der Waals surface area contributed by atoms with E-state index in [4.69, 9.17) is 0 Å². The highest BCUT2D eigenvalue weighted by Gasteiger charge is 2.82. The minimum atomic E-state index is -6.77. The molecule has 0 amide bonds. The minimum Gasteiger partial charge on any atom is -0.409 e. The van der Waals surface area contributed by atoms with Crippen LogP contribution in [0.25, 0.3) is 0 Å². The maximum atomic E-state index is 13.3. The molecule has 0 radical (unpaired) electrons.